The van der Waals surface area contributed by atoms with E-state index in [1.165, 1.54) is 16.7 Å². The lowest BCUT2D eigenvalue weighted by molar-refractivity contribution is 0.174. The molecule has 3 N–H and O–H groups in total. The summed E-state index contributed by atoms with van der Waals surface area (Å²) >= 11 is 3.76. The Morgan fingerprint density at radius 2 is 1.94 bits per heavy atom. The molecule has 1 aliphatic carbocycles. The van der Waals surface area contributed by atoms with E-state index >= 15 is 0 Å². The zero-order chi connectivity index (χ0) is 24.6. The topological polar surface area (TPSA) is 71.6 Å². The molecule has 0 bridgehead atoms. The van der Waals surface area contributed by atoms with E-state index in [0.717, 1.165) is 45.8 Å². The maximum atomic E-state index is 12.3. The van der Waals surface area contributed by atoms with Crippen LogP contribution in [-0.2, 0) is 6.42 Å². The standard InChI is InChI=1S/C29H28BrN3O3/c1-17-4-2-5-19(12-17)32-29(34)31-11-10-18-8-9-25-22(13-18)20-6-3-7-21(20)28(33-25)23-14-26-27(15-24(23)30)36-16-35-26/h2-6,8-9,12-15,20-21,28,33H,7,10-11,16H2,1H3,(H2,31,32,34)/t20-,21+,28-/m1/s1. The Bertz CT molecular complexity index is 1360. The number of allylic oxidation sites excluding steroid dienone is 2. The number of carbonyl (C=O) groups is 1. The number of amides is 2. The number of nitrogens with one attached hydrogen (secondary N) is 3. The fourth-order valence-electron chi connectivity index (χ4n) is 5.50. The molecule has 0 radical (unpaired) electrons. The van der Waals surface area contributed by atoms with Gasteiger partial charge in [0.05, 0.1) is 6.04 Å². The highest BCUT2D eigenvalue weighted by Crippen LogP contribution is 2.52. The average molecular weight is 546 g/mol. The van der Waals surface area contributed by atoms with E-state index < -0.39 is 0 Å². The Morgan fingerprint density at radius 3 is 2.81 bits per heavy atom. The Labute approximate surface area is 219 Å². The fourth-order valence-corrected chi connectivity index (χ4v) is 6.07. The van der Waals surface area contributed by atoms with Gasteiger partial charge in [-0.05, 0) is 78.3 Å². The Hall–Kier alpha value is -3.45. The highest BCUT2D eigenvalue weighted by atomic mass is 79.9. The van der Waals surface area contributed by atoms with Gasteiger partial charge in [0.25, 0.3) is 0 Å². The monoisotopic (exact) mass is 545 g/mol. The van der Waals surface area contributed by atoms with Gasteiger partial charge in [-0.25, -0.2) is 4.79 Å². The largest absolute Gasteiger partial charge is 0.454 e. The molecule has 2 heterocycles. The van der Waals surface area contributed by atoms with Gasteiger partial charge in [0.15, 0.2) is 11.5 Å². The van der Waals surface area contributed by atoms with Crippen LogP contribution in [-0.4, -0.2) is 19.4 Å². The highest BCUT2D eigenvalue weighted by Gasteiger charge is 2.39. The molecule has 184 valence electrons. The van der Waals surface area contributed by atoms with Crippen molar-refractivity contribution in [1.82, 2.24) is 5.32 Å². The van der Waals surface area contributed by atoms with Crippen LogP contribution in [0.1, 0.15) is 40.6 Å². The van der Waals surface area contributed by atoms with Crippen molar-refractivity contribution < 1.29 is 14.3 Å². The number of halogens is 1. The maximum absolute atomic E-state index is 12.3. The summed E-state index contributed by atoms with van der Waals surface area (Å²) in [4.78, 5) is 12.3. The van der Waals surface area contributed by atoms with Crippen molar-refractivity contribution in [1.29, 1.82) is 0 Å². The number of hydrogen-bond acceptors (Lipinski definition) is 4. The predicted molar refractivity (Wildman–Crippen MR) is 145 cm³/mol. The minimum atomic E-state index is -0.184. The Balaban J connectivity index is 1.15. The molecule has 2 amide bonds. The van der Waals surface area contributed by atoms with Gasteiger partial charge >= 0.3 is 6.03 Å². The van der Waals surface area contributed by atoms with Gasteiger partial charge in [0, 0.05) is 28.3 Å². The van der Waals surface area contributed by atoms with E-state index in [1.807, 2.05) is 37.3 Å². The molecule has 3 atom stereocenters. The molecule has 0 unspecified atom stereocenters. The lowest BCUT2D eigenvalue weighted by atomic mass is 9.76. The summed E-state index contributed by atoms with van der Waals surface area (Å²) in [5.74, 6) is 2.36. The van der Waals surface area contributed by atoms with E-state index in [1.54, 1.807) is 0 Å². The molecule has 0 fully saturated rings. The maximum Gasteiger partial charge on any atom is 0.319 e. The van der Waals surface area contributed by atoms with Crippen molar-refractivity contribution in [3.8, 4) is 11.5 Å². The van der Waals surface area contributed by atoms with Crippen LogP contribution < -0.4 is 25.4 Å². The number of ether oxygens (including phenoxy) is 2. The minimum absolute atomic E-state index is 0.166. The summed E-state index contributed by atoms with van der Waals surface area (Å²) in [5.41, 5.74) is 6.80. The average Bonchev–Trinajstić information content (AvgIpc) is 3.53. The van der Waals surface area contributed by atoms with Crippen molar-refractivity contribution in [2.75, 3.05) is 24.0 Å². The quantitative estimate of drug-likeness (QED) is 0.313. The van der Waals surface area contributed by atoms with E-state index in [2.05, 4.69) is 68.3 Å². The van der Waals surface area contributed by atoms with Gasteiger partial charge in [-0.1, -0.05) is 52.3 Å². The van der Waals surface area contributed by atoms with Crippen LogP contribution in [0.15, 0.2) is 71.2 Å². The summed E-state index contributed by atoms with van der Waals surface area (Å²) in [7, 11) is 0. The first-order valence-corrected chi connectivity index (χ1v) is 13.1. The van der Waals surface area contributed by atoms with Crippen LogP contribution in [0.5, 0.6) is 11.5 Å². The van der Waals surface area contributed by atoms with Crippen LogP contribution in [0.25, 0.3) is 0 Å². The number of urea groups is 1. The van der Waals surface area contributed by atoms with Crippen molar-refractivity contribution in [3.05, 3.63) is 93.5 Å². The van der Waals surface area contributed by atoms with Crippen LogP contribution in [0.4, 0.5) is 16.2 Å². The number of anilines is 2. The first kappa shape index (κ1) is 23.0. The minimum Gasteiger partial charge on any atom is -0.454 e. The normalized spacial score (nSPS) is 20.9. The molecule has 0 saturated heterocycles. The van der Waals surface area contributed by atoms with Crippen molar-refractivity contribution in [2.24, 2.45) is 5.92 Å². The van der Waals surface area contributed by atoms with Crippen LogP contribution in [0.2, 0.25) is 0 Å². The molecular weight excluding hydrogens is 518 g/mol. The van der Waals surface area contributed by atoms with E-state index in [4.69, 9.17) is 9.47 Å². The molecular formula is C29H28BrN3O3. The van der Waals surface area contributed by atoms with Crippen molar-refractivity contribution >= 4 is 33.3 Å². The molecule has 3 aromatic rings. The van der Waals surface area contributed by atoms with E-state index in [9.17, 15) is 4.79 Å². The molecule has 6 rings (SSSR count). The third-order valence-electron chi connectivity index (χ3n) is 7.23. The number of hydrogen-bond donors (Lipinski definition) is 3. The second-order valence-corrected chi connectivity index (χ2v) is 10.5. The molecule has 7 heteroatoms. The van der Waals surface area contributed by atoms with Crippen LogP contribution in [0.3, 0.4) is 0 Å². The molecule has 6 nitrogen and oxygen atoms in total. The highest BCUT2D eigenvalue weighted by molar-refractivity contribution is 9.10. The number of benzene rings is 3. The van der Waals surface area contributed by atoms with Gasteiger partial charge in [-0.3, -0.25) is 0 Å². The SMILES string of the molecule is Cc1cccc(NC(=O)NCCc2ccc3c(c2)[C@@H]2C=CC[C@@H]2[C@H](c2cc4c(cc2Br)OCO4)N3)c1. The summed E-state index contributed by atoms with van der Waals surface area (Å²) in [6.45, 7) is 2.85. The molecule has 0 aromatic heterocycles. The lowest BCUT2D eigenvalue weighted by Crippen LogP contribution is -2.31. The Kier molecular flexibility index (Phi) is 6.09. The van der Waals surface area contributed by atoms with Gasteiger partial charge in [0.2, 0.25) is 6.79 Å². The van der Waals surface area contributed by atoms with E-state index in [-0.39, 0.29) is 18.9 Å². The van der Waals surface area contributed by atoms with Crippen molar-refractivity contribution in [2.45, 2.75) is 31.7 Å². The molecule has 0 spiro atoms. The Morgan fingerprint density at radius 1 is 1.08 bits per heavy atom. The second kappa shape index (κ2) is 9.54. The first-order valence-electron chi connectivity index (χ1n) is 12.3. The smallest absolute Gasteiger partial charge is 0.319 e. The summed E-state index contributed by atoms with van der Waals surface area (Å²) < 4.78 is 12.2. The lowest BCUT2D eigenvalue weighted by Gasteiger charge is -2.38. The van der Waals surface area contributed by atoms with E-state index in [0.29, 0.717) is 18.4 Å². The second-order valence-electron chi connectivity index (χ2n) is 9.62. The molecule has 36 heavy (non-hydrogen) atoms. The van der Waals surface area contributed by atoms with Crippen LogP contribution in [0, 0.1) is 12.8 Å². The molecule has 3 aliphatic rings. The fraction of sp³-hybridized carbons (Fsp3) is 0.276. The van der Waals surface area contributed by atoms with Gasteiger partial charge in [0.1, 0.15) is 0 Å². The first-order chi connectivity index (χ1) is 17.5. The predicted octanol–water partition coefficient (Wildman–Crippen LogP) is 6.68. The summed E-state index contributed by atoms with van der Waals surface area (Å²) in [5, 5.41) is 9.68. The number of rotatable bonds is 5. The zero-order valence-corrected chi connectivity index (χ0v) is 21.6. The zero-order valence-electron chi connectivity index (χ0n) is 20.0. The van der Waals surface area contributed by atoms with Gasteiger partial charge in [-0.15, -0.1) is 0 Å². The summed E-state index contributed by atoms with van der Waals surface area (Å²) in [6.07, 6.45) is 6.43. The molecule has 2 aliphatic heterocycles. The summed E-state index contributed by atoms with van der Waals surface area (Å²) in [6, 6.07) is 18.5. The molecule has 3 aromatic carbocycles. The van der Waals surface area contributed by atoms with Crippen molar-refractivity contribution in [3.63, 3.8) is 0 Å². The van der Waals surface area contributed by atoms with Gasteiger partial charge < -0.3 is 25.4 Å². The van der Waals surface area contributed by atoms with Crippen LogP contribution >= 0.6 is 15.9 Å². The number of aryl methyl sites for hydroxylation is 1. The molecule has 0 saturated carbocycles. The van der Waals surface area contributed by atoms with Gasteiger partial charge in [-0.2, -0.15) is 0 Å². The third kappa shape index (κ3) is 4.44. The number of carbonyl (C=O) groups excluding carboxylic acids is 1. The number of fused-ring (bicyclic) bond motifs is 4. The third-order valence-corrected chi connectivity index (χ3v) is 7.92.